The van der Waals surface area contributed by atoms with Crippen LogP contribution in [0.25, 0.3) is 22.8 Å². The quantitative estimate of drug-likeness (QED) is 0.365. The first-order chi connectivity index (χ1) is 18.5. The number of hydrogen-bond donors (Lipinski definition) is 2. The number of carbonyl (C=O) groups excluding carboxylic acids is 2. The minimum absolute atomic E-state index is 0.311. The number of H-pyrrole nitrogens is 2. The van der Waals surface area contributed by atoms with E-state index in [-0.39, 0.29) is 11.8 Å². The fourth-order valence-electron chi connectivity index (χ4n) is 4.71. The number of tetrazole rings is 2. The first-order valence-corrected chi connectivity index (χ1v) is 11.5. The van der Waals surface area contributed by atoms with Crippen molar-refractivity contribution in [3.8, 4) is 22.8 Å². The van der Waals surface area contributed by atoms with E-state index in [1.54, 1.807) is 50.2 Å². The van der Waals surface area contributed by atoms with Crippen LogP contribution in [-0.4, -0.2) is 53.1 Å². The van der Waals surface area contributed by atoms with E-state index < -0.39 is 0 Å². The Morgan fingerprint density at radius 2 is 1.11 bits per heavy atom. The number of hydrogen-bond acceptors (Lipinski definition) is 10. The molecule has 14 heteroatoms. The molecule has 0 saturated carbocycles. The smallest absolute Gasteiger partial charge is 0.267 e. The summed E-state index contributed by atoms with van der Waals surface area (Å²) in [5.74, 6) is 0.174. The average molecular weight is 504 g/mol. The summed E-state index contributed by atoms with van der Waals surface area (Å²) < 4.78 is 0. The Bertz CT molecular complexity index is 1760. The van der Waals surface area contributed by atoms with E-state index in [0.717, 1.165) is 0 Å². The van der Waals surface area contributed by atoms with Gasteiger partial charge in [-0.1, -0.05) is 24.3 Å². The fourth-order valence-corrected chi connectivity index (χ4v) is 4.71. The first-order valence-electron chi connectivity index (χ1n) is 11.5. The van der Waals surface area contributed by atoms with Crippen LogP contribution < -0.4 is 20.7 Å². The van der Waals surface area contributed by atoms with E-state index in [9.17, 15) is 9.59 Å². The van der Waals surface area contributed by atoms with Crippen LogP contribution in [0.15, 0.2) is 58.7 Å². The summed E-state index contributed by atoms with van der Waals surface area (Å²) in [5.41, 5.74) is 4.40. The molecule has 0 atom stereocenters. The fraction of sp³-hybridized carbons (Fsp3) is 0.0833. The third-order valence-corrected chi connectivity index (χ3v) is 6.54. The number of aromatic amines is 2. The topological polar surface area (TPSA) is 174 Å². The van der Waals surface area contributed by atoms with Crippen LogP contribution in [0.2, 0.25) is 0 Å². The molecule has 0 spiro atoms. The number of nitrogens with zero attached hydrogens (tertiary/aromatic N) is 10. The molecule has 7 rings (SSSR count). The van der Waals surface area contributed by atoms with Crippen molar-refractivity contribution in [1.29, 1.82) is 0 Å². The Morgan fingerprint density at radius 3 is 1.50 bits per heavy atom. The highest BCUT2D eigenvalue weighted by atomic mass is 16.2. The van der Waals surface area contributed by atoms with E-state index in [1.165, 1.54) is 10.0 Å². The molecule has 2 aliphatic heterocycles. The van der Waals surface area contributed by atoms with Crippen LogP contribution in [0, 0.1) is 13.8 Å². The molecule has 5 aromatic rings. The number of amides is 2. The molecule has 3 aromatic carbocycles. The predicted molar refractivity (Wildman–Crippen MR) is 131 cm³/mol. The molecule has 0 fully saturated rings. The van der Waals surface area contributed by atoms with Crippen molar-refractivity contribution in [3.05, 3.63) is 81.5 Å². The number of fused-ring (bicyclic) bond motifs is 2. The van der Waals surface area contributed by atoms with Gasteiger partial charge in [-0.05, 0) is 59.7 Å². The lowest BCUT2D eigenvalue weighted by Crippen LogP contribution is -2.29. The Kier molecular flexibility index (Phi) is 4.51. The summed E-state index contributed by atoms with van der Waals surface area (Å²) in [7, 11) is 0. The van der Waals surface area contributed by atoms with Gasteiger partial charge in [0, 0.05) is 11.1 Å². The number of rotatable bonds is 4. The SMILES string of the molecule is Cc1c2c(c(C)c3c1=NN(c1cccc(-c4nn[nH]n4)c1)C3=O)=NN(c1cccc(-c3nn[nH]n3)c1)C2=O. The third-order valence-electron chi connectivity index (χ3n) is 6.54. The van der Waals surface area contributed by atoms with Gasteiger partial charge in [0.25, 0.3) is 11.8 Å². The minimum Gasteiger partial charge on any atom is -0.267 e. The van der Waals surface area contributed by atoms with Gasteiger partial charge in [-0.25, -0.2) is 0 Å². The van der Waals surface area contributed by atoms with Gasteiger partial charge < -0.3 is 0 Å². The molecule has 38 heavy (non-hydrogen) atoms. The highest BCUT2D eigenvalue weighted by Gasteiger charge is 2.36. The molecular formula is C24H16N12O2. The van der Waals surface area contributed by atoms with Crippen LogP contribution in [0.5, 0.6) is 0 Å². The number of benzene rings is 3. The zero-order valence-corrected chi connectivity index (χ0v) is 19.9. The number of carbonyl (C=O) groups is 2. The molecule has 0 aliphatic carbocycles. The van der Waals surface area contributed by atoms with Gasteiger partial charge in [-0.2, -0.15) is 30.6 Å². The number of aromatic nitrogens is 8. The standard InChI is InChI=1S/C24H16N12O2/c1-11-17-20(30-35(23(17)37)15-7-3-5-13(9-15)21-25-31-32-26-21)12(2)18-19(11)29-36(24(18)38)16-8-4-6-14(10-16)22-27-33-34-28-22/h3-10H,1-2H3,(H,25,26,31,32)(H,27,28,33,34). The maximum atomic E-state index is 13.6. The zero-order valence-electron chi connectivity index (χ0n) is 19.9. The van der Waals surface area contributed by atoms with Crippen LogP contribution in [0.4, 0.5) is 11.4 Å². The van der Waals surface area contributed by atoms with Gasteiger partial charge in [-0.15, -0.1) is 20.4 Å². The summed E-state index contributed by atoms with van der Waals surface area (Å²) in [4.78, 5) is 27.2. The lowest BCUT2D eigenvalue weighted by molar-refractivity contribution is 0.0984. The Morgan fingerprint density at radius 1 is 0.658 bits per heavy atom. The number of nitrogens with one attached hydrogen (secondary N) is 2. The molecule has 0 bridgehead atoms. The Hall–Kier alpha value is -5.66. The second-order valence-electron chi connectivity index (χ2n) is 8.70. The molecule has 14 nitrogen and oxygen atoms in total. The monoisotopic (exact) mass is 504 g/mol. The molecule has 2 N–H and O–H groups in total. The van der Waals surface area contributed by atoms with Gasteiger partial charge in [0.1, 0.15) is 10.7 Å². The minimum atomic E-state index is -0.311. The lowest BCUT2D eigenvalue weighted by Gasteiger charge is -2.13. The van der Waals surface area contributed by atoms with E-state index in [2.05, 4.69) is 51.5 Å². The average Bonchev–Trinajstić information content (AvgIpc) is 3.74. The normalized spacial score (nSPS) is 13.9. The molecule has 0 radical (unpaired) electrons. The Labute approximate surface area is 212 Å². The highest BCUT2D eigenvalue weighted by molar-refractivity contribution is 6.12. The number of anilines is 2. The van der Waals surface area contributed by atoms with Crippen molar-refractivity contribution < 1.29 is 9.59 Å². The summed E-state index contributed by atoms with van der Waals surface area (Å²) in [6, 6.07) is 14.2. The van der Waals surface area contributed by atoms with Crippen LogP contribution in [0.1, 0.15) is 31.8 Å². The van der Waals surface area contributed by atoms with Gasteiger partial charge in [0.05, 0.1) is 22.5 Å². The maximum Gasteiger partial charge on any atom is 0.281 e. The molecule has 4 heterocycles. The first kappa shape index (κ1) is 21.6. The van der Waals surface area contributed by atoms with Gasteiger partial charge in [-0.3, -0.25) is 9.59 Å². The lowest BCUT2D eigenvalue weighted by atomic mass is 9.97. The van der Waals surface area contributed by atoms with E-state index in [4.69, 9.17) is 0 Å². The molecule has 184 valence electrons. The third kappa shape index (κ3) is 3.06. The van der Waals surface area contributed by atoms with E-state index >= 15 is 0 Å². The summed E-state index contributed by atoms with van der Waals surface area (Å²) in [5, 5.41) is 40.8. The molecule has 0 unspecified atom stereocenters. The summed E-state index contributed by atoms with van der Waals surface area (Å²) >= 11 is 0. The van der Waals surface area contributed by atoms with Crippen molar-refractivity contribution in [3.63, 3.8) is 0 Å². The molecule has 0 saturated heterocycles. The van der Waals surface area contributed by atoms with E-state index in [0.29, 0.717) is 67.1 Å². The zero-order chi connectivity index (χ0) is 26.0. The summed E-state index contributed by atoms with van der Waals surface area (Å²) in [6.45, 7) is 3.56. The Balaban J connectivity index is 1.31. The van der Waals surface area contributed by atoms with Crippen molar-refractivity contribution in [1.82, 2.24) is 41.2 Å². The van der Waals surface area contributed by atoms with Crippen LogP contribution in [-0.2, 0) is 0 Å². The summed E-state index contributed by atoms with van der Waals surface area (Å²) in [6.07, 6.45) is 0. The van der Waals surface area contributed by atoms with Crippen LogP contribution >= 0.6 is 0 Å². The van der Waals surface area contributed by atoms with Gasteiger partial charge in [0.2, 0.25) is 11.6 Å². The molecule has 2 aliphatic rings. The van der Waals surface area contributed by atoms with Crippen molar-refractivity contribution in [2.75, 3.05) is 10.0 Å². The van der Waals surface area contributed by atoms with Crippen LogP contribution in [0.3, 0.4) is 0 Å². The van der Waals surface area contributed by atoms with E-state index in [1.807, 2.05) is 12.1 Å². The predicted octanol–water partition coefficient (Wildman–Crippen LogP) is 1.05. The van der Waals surface area contributed by atoms with Gasteiger partial charge >= 0.3 is 0 Å². The molecule has 2 aromatic heterocycles. The van der Waals surface area contributed by atoms with Crippen molar-refractivity contribution in [2.24, 2.45) is 10.2 Å². The second kappa shape index (κ2) is 7.92. The second-order valence-corrected chi connectivity index (χ2v) is 8.70. The van der Waals surface area contributed by atoms with Crippen molar-refractivity contribution in [2.45, 2.75) is 13.8 Å². The molecular weight excluding hydrogens is 488 g/mol. The van der Waals surface area contributed by atoms with Crippen molar-refractivity contribution >= 4 is 23.2 Å². The largest absolute Gasteiger partial charge is 0.281 e. The molecule has 2 amide bonds. The van der Waals surface area contributed by atoms with Gasteiger partial charge in [0.15, 0.2) is 0 Å². The maximum absolute atomic E-state index is 13.6. The highest BCUT2D eigenvalue weighted by Crippen LogP contribution is 2.29.